The number of nitrogens with zero attached hydrogens (tertiary/aromatic N) is 1. The molecule has 0 aliphatic rings. The third kappa shape index (κ3) is 5.13. The van der Waals surface area contributed by atoms with Gasteiger partial charge < -0.3 is 21.9 Å². The van der Waals surface area contributed by atoms with E-state index in [0.717, 1.165) is 0 Å². The predicted octanol–water partition coefficient (Wildman–Crippen LogP) is -2.29. The number of methoxy groups -OCH3 is 1. The predicted molar refractivity (Wildman–Crippen MR) is 54.5 cm³/mol. The molecule has 6 N–H and O–H groups in total. The highest BCUT2D eigenvalue weighted by Gasteiger charge is 2.16. The molecule has 1 unspecified atom stereocenters. The summed E-state index contributed by atoms with van der Waals surface area (Å²) in [6.45, 7) is 2.84. The smallest absolute Gasteiger partial charge is 0.323 e. The second kappa shape index (κ2) is 7.69. The van der Waals surface area contributed by atoms with Crippen LogP contribution in [0.3, 0.4) is 0 Å². The lowest BCUT2D eigenvalue weighted by molar-refractivity contribution is -0.142. The SMILES string of the molecule is COC(=O)C(N)CN(CCN)CCN. The van der Waals surface area contributed by atoms with Crippen molar-refractivity contribution in [3.63, 3.8) is 0 Å². The number of ether oxygens (including phenoxy) is 1. The molecule has 0 aromatic carbocycles. The van der Waals surface area contributed by atoms with E-state index in [-0.39, 0.29) is 0 Å². The van der Waals surface area contributed by atoms with Crippen LogP contribution in [0.5, 0.6) is 0 Å². The molecule has 0 aliphatic heterocycles. The lowest BCUT2D eigenvalue weighted by Crippen LogP contribution is -2.46. The fraction of sp³-hybridized carbons (Fsp3) is 0.875. The third-order valence-electron chi connectivity index (χ3n) is 1.85. The van der Waals surface area contributed by atoms with Crippen LogP contribution >= 0.6 is 0 Å². The Balaban J connectivity index is 3.94. The van der Waals surface area contributed by atoms with Gasteiger partial charge in [0.25, 0.3) is 0 Å². The average Bonchev–Trinajstić information content (AvgIpc) is 2.17. The summed E-state index contributed by atoms with van der Waals surface area (Å²) < 4.78 is 4.52. The summed E-state index contributed by atoms with van der Waals surface area (Å²) in [5.41, 5.74) is 16.4. The van der Waals surface area contributed by atoms with Crippen molar-refractivity contribution in [2.75, 3.05) is 39.8 Å². The number of esters is 1. The van der Waals surface area contributed by atoms with E-state index in [1.165, 1.54) is 7.11 Å². The molecule has 1 atom stereocenters. The minimum absolute atomic E-state index is 0.413. The van der Waals surface area contributed by atoms with Crippen LogP contribution in [0.4, 0.5) is 0 Å². The van der Waals surface area contributed by atoms with E-state index in [1.807, 2.05) is 4.90 Å². The van der Waals surface area contributed by atoms with Gasteiger partial charge in [-0.2, -0.15) is 0 Å². The standard InChI is InChI=1S/C8H20N4O2/c1-14-8(13)7(11)6-12(4-2-9)5-3-10/h7H,2-6,9-11H2,1H3. The Kier molecular flexibility index (Phi) is 7.31. The zero-order valence-corrected chi connectivity index (χ0v) is 8.61. The zero-order valence-electron chi connectivity index (χ0n) is 8.61. The van der Waals surface area contributed by atoms with E-state index in [2.05, 4.69) is 4.74 Å². The van der Waals surface area contributed by atoms with E-state index in [4.69, 9.17) is 17.2 Å². The van der Waals surface area contributed by atoms with E-state index in [0.29, 0.717) is 32.7 Å². The molecule has 6 nitrogen and oxygen atoms in total. The van der Waals surface area contributed by atoms with Gasteiger partial charge in [-0.25, -0.2) is 0 Å². The number of carbonyl (C=O) groups is 1. The van der Waals surface area contributed by atoms with Crippen molar-refractivity contribution in [3.8, 4) is 0 Å². The first-order chi connectivity index (χ1) is 6.65. The van der Waals surface area contributed by atoms with Crippen LogP contribution in [0.25, 0.3) is 0 Å². The molecule has 0 saturated carbocycles. The van der Waals surface area contributed by atoms with Gasteiger partial charge in [0.05, 0.1) is 7.11 Å². The van der Waals surface area contributed by atoms with Gasteiger partial charge in [0.2, 0.25) is 0 Å². The van der Waals surface area contributed by atoms with Crippen molar-refractivity contribution in [1.82, 2.24) is 4.90 Å². The lowest BCUT2D eigenvalue weighted by Gasteiger charge is -2.23. The molecular weight excluding hydrogens is 184 g/mol. The molecule has 0 amide bonds. The maximum absolute atomic E-state index is 11.0. The molecule has 0 saturated heterocycles. The number of carbonyl (C=O) groups excluding carboxylic acids is 1. The van der Waals surface area contributed by atoms with Crippen molar-refractivity contribution in [1.29, 1.82) is 0 Å². The van der Waals surface area contributed by atoms with Gasteiger partial charge in [-0.1, -0.05) is 0 Å². The maximum atomic E-state index is 11.0. The Hall–Kier alpha value is -0.690. The Labute approximate surface area is 84.3 Å². The minimum Gasteiger partial charge on any atom is -0.468 e. The third-order valence-corrected chi connectivity index (χ3v) is 1.85. The van der Waals surface area contributed by atoms with E-state index >= 15 is 0 Å². The second-order valence-electron chi connectivity index (χ2n) is 3.01. The van der Waals surface area contributed by atoms with Crippen LogP contribution in [0.15, 0.2) is 0 Å². The fourth-order valence-electron chi connectivity index (χ4n) is 1.16. The number of hydrogen-bond donors (Lipinski definition) is 3. The molecule has 0 aliphatic carbocycles. The molecule has 0 fully saturated rings. The molecule has 6 heteroatoms. The average molecular weight is 204 g/mol. The highest BCUT2D eigenvalue weighted by atomic mass is 16.5. The molecule has 0 radical (unpaired) electrons. The first-order valence-electron chi connectivity index (χ1n) is 4.61. The van der Waals surface area contributed by atoms with E-state index in [9.17, 15) is 4.79 Å². The van der Waals surface area contributed by atoms with Crippen LogP contribution in [0, 0.1) is 0 Å². The lowest BCUT2D eigenvalue weighted by atomic mass is 10.3. The van der Waals surface area contributed by atoms with Crippen LogP contribution in [-0.4, -0.2) is 56.7 Å². The highest BCUT2D eigenvalue weighted by molar-refractivity contribution is 5.75. The Morgan fingerprint density at radius 3 is 2.21 bits per heavy atom. The first-order valence-corrected chi connectivity index (χ1v) is 4.61. The van der Waals surface area contributed by atoms with Gasteiger partial charge in [0.1, 0.15) is 6.04 Å². The van der Waals surface area contributed by atoms with Crippen molar-refractivity contribution >= 4 is 5.97 Å². The summed E-state index contributed by atoms with van der Waals surface area (Å²) in [5.74, 6) is -0.413. The van der Waals surface area contributed by atoms with Gasteiger partial charge in [-0.15, -0.1) is 0 Å². The largest absolute Gasteiger partial charge is 0.468 e. The fourth-order valence-corrected chi connectivity index (χ4v) is 1.16. The molecule has 0 aromatic rings. The van der Waals surface area contributed by atoms with E-state index in [1.54, 1.807) is 0 Å². The number of nitrogens with two attached hydrogens (primary N) is 3. The van der Waals surface area contributed by atoms with Crippen molar-refractivity contribution in [2.24, 2.45) is 17.2 Å². The molecule has 0 aromatic heterocycles. The van der Waals surface area contributed by atoms with Gasteiger partial charge in [-0.05, 0) is 0 Å². The number of rotatable bonds is 7. The topological polar surface area (TPSA) is 108 Å². The van der Waals surface area contributed by atoms with Gasteiger partial charge >= 0.3 is 5.97 Å². The molecule has 0 bridgehead atoms. The zero-order chi connectivity index (χ0) is 11.0. The highest BCUT2D eigenvalue weighted by Crippen LogP contribution is 1.91. The molecule has 84 valence electrons. The Bertz CT molecular complexity index is 159. The van der Waals surface area contributed by atoms with Crippen LogP contribution in [0.2, 0.25) is 0 Å². The summed E-state index contributed by atoms with van der Waals surface area (Å²) in [6.07, 6.45) is 0. The molecule has 0 heterocycles. The number of hydrogen-bond acceptors (Lipinski definition) is 6. The van der Waals surface area contributed by atoms with Crippen LogP contribution in [0.1, 0.15) is 0 Å². The summed E-state index contributed by atoms with van der Waals surface area (Å²) in [4.78, 5) is 13.0. The first kappa shape index (κ1) is 13.3. The van der Waals surface area contributed by atoms with E-state index < -0.39 is 12.0 Å². The van der Waals surface area contributed by atoms with Crippen molar-refractivity contribution in [3.05, 3.63) is 0 Å². The van der Waals surface area contributed by atoms with Gasteiger partial charge in [-0.3, -0.25) is 9.69 Å². The monoisotopic (exact) mass is 204 g/mol. The van der Waals surface area contributed by atoms with Crippen molar-refractivity contribution < 1.29 is 9.53 Å². The Morgan fingerprint density at radius 2 is 1.86 bits per heavy atom. The molecule has 0 rings (SSSR count). The maximum Gasteiger partial charge on any atom is 0.323 e. The van der Waals surface area contributed by atoms with Gasteiger partial charge in [0, 0.05) is 32.7 Å². The molecular formula is C8H20N4O2. The summed E-state index contributed by atoms with van der Waals surface area (Å²) in [6, 6.07) is -0.627. The quantitative estimate of drug-likeness (QED) is 0.403. The van der Waals surface area contributed by atoms with Crippen LogP contribution < -0.4 is 17.2 Å². The van der Waals surface area contributed by atoms with Gasteiger partial charge in [0.15, 0.2) is 0 Å². The summed E-state index contributed by atoms with van der Waals surface area (Å²) >= 11 is 0. The Morgan fingerprint density at radius 1 is 1.36 bits per heavy atom. The molecule has 0 spiro atoms. The summed E-state index contributed by atoms with van der Waals surface area (Å²) in [5, 5.41) is 0. The molecule has 14 heavy (non-hydrogen) atoms. The summed E-state index contributed by atoms with van der Waals surface area (Å²) in [7, 11) is 1.32. The normalized spacial score (nSPS) is 12.9. The second-order valence-corrected chi connectivity index (χ2v) is 3.01. The van der Waals surface area contributed by atoms with Crippen molar-refractivity contribution in [2.45, 2.75) is 6.04 Å². The minimum atomic E-state index is -0.627. The van der Waals surface area contributed by atoms with Crippen LogP contribution in [-0.2, 0) is 9.53 Å².